The van der Waals surface area contributed by atoms with Gasteiger partial charge in [0.1, 0.15) is 11.6 Å². The molecule has 7 heteroatoms. The summed E-state index contributed by atoms with van der Waals surface area (Å²) in [5.74, 6) is 1.19. The summed E-state index contributed by atoms with van der Waals surface area (Å²) >= 11 is 0. The molecular formula is C38H41N3O4. The summed E-state index contributed by atoms with van der Waals surface area (Å²) in [4.78, 5) is 35.3. The van der Waals surface area contributed by atoms with Crippen LogP contribution in [0.4, 0.5) is 0 Å². The second kappa shape index (κ2) is 14.8. The Labute approximate surface area is 265 Å². The standard InChI is InChI=1S/C38H41N3O4/c1-5-34(40(24-25-44-6-2)35(42)26-28-16-18-30(19-17-28)29-13-9-8-10-14-29)37-39-33-15-11-12-27(4)36(33)38(43)41(37)31-20-22-32(23-21-31)45-7-3/h8-23,34H,5-7,24-26H2,1-4H3. The molecule has 0 bridgehead atoms. The third-order valence-electron chi connectivity index (χ3n) is 8.02. The highest BCUT2D eigenvalue weighted by molar-refractivity contribution is 5.82. The number of carbonyl (C=O) groups excluding carboxylic acids is 1. The van der Waals surface area contributed by atoms with Gasteiger partial charge in [-0.25, -0.2) is 4.98 Å². The second-order valence-electron chi connectivity index (χ2n) is 11.0. The molecule has 0 saturated carbocycles. The van der Waals surface area contributed by atoms with Gasteiger partial charge in [0.2, 0.25) is 5.91 Å². The fraction of sp³-hybridized carbons (Fsp3) is 0.289. The van der Waals surface area contributed by atoms with Crippen LogP contribution in [0.5, 0.6) is 5.75 Å². The Hall–Kier alpha value is -4.75. The molecule has 4 aromatic carbocycles. The number of hydrogen-bond donors (Lipinski definition) is 0. The lowest BCUT2D eigenvalue weighted by atomic mass is 10.0. The number of ether oxygens (including phenoxy) is 2. The number of rotatable bonds is 13. The molecule has 0 saturated heterocycles. The molecule has 1 atom stereocenters. The number of amides is 1. The Balaban J connectivity index is 1.56. The van der Waals surface area contributed by atoms with Crippen molar-refractivity contribution in [3.63, 3.8) is 0 Å². The van der Waals surface area contributed by atoms with Crippen LogP contribution in [0, 0.1) is 6.92 Å². The number of aryl methyl sites for hydroxylation is 1. The zero-order valence-corrected chi connectivity index (χ0v) is 26.5. The highest BCUT2D eigenvalue weighted by atomic mass is 16.5. The smallest absolute Gasteiger partial charge is 0.266 e. The van der Waals surface area contributed by atoms with E-state index in [2.05, 4.69) is 24.3 Å². The van der Waals surface area contributed by atoms with Gasteiger partial charge in [0.25, 0.3) is 5.56 Å². The summed E-state index contributed by atoms with van der Waals surface area (Å²) in [6, 6.07) is 31.0. The number of carbonyl (C=O) groups is 1. The van der Waals surface area contributed by atoms with Gasteiger partial charge in [-0.05, 0) is 79.8 Å². The van der Waals surface area contributed by atoms with Crippen molar-refractivity contribution in [1.82, 2.24) is 14.5 Å². The molecule has 1 aromatic heterocycles. The van der Waals surface area contributed by atoms with Crippen molar-refractivity contribution in [3.05, 3.63) is 124 Å². The minimum atomic E-state index is -0.467. The maximum Gasteiger partial charge on any atom is 0.266 e. The fourth-order valence-corrected chi connectivity index (χ4v) is 5.77. The molecule has 1 unspecified atom stereocenters. The molecule has 0 fully saturated rings. The maximum absolute atomic E-state index is 14.3. The first-order valence-electron chi connectivity index (χ1n) is 15.7. The van der Waals surface area contributed by atoms with Gasteiger partial charge in [-0.3, -0.25) is 14.2 Å². The minimum absolute atomic E-state index is 0.0501. The first-order chi connectivity index (χ1) is 21.9. The summed E-state index contributed by atoms with van der Waals surface area (Å²) in [6.07, 6.45) is 0.781. The topological polar surface area (TPSA) is 73.7 Å². The third kappa shape index (κ3) is 7.15. The number of nitrogens with zero attached hydrogens (tertiary/aromatic N) is 3. The van der Waals surface area contributed by atoms with E-state index in [1.807, 2.05) is 105 Å². The average Bonchev–Trinajstić information content (AvgIpc) is 3.06. The summed E-state index contributed by atoms with van der Waals surface area (Å²) in [5, 5.41) is 0.565. The number of aromatic nitrogens is 2. The van der Waals surface area contributed by atoms with E-state index in [1.165, 1.54) is 0 Å². The summed E-state index contributed by atoms with van der Waals surface area (Å²) in [5.41, 5.74) is 5.12. The molecule has 0 aliphatic rings. The highest BCUT2D eigenvalue weighted by Gasteiger charge is 2.29. The van der Waals surface area contributed by atoms with Gasteiger partial charge in [0.05, 0.1) is 42.3 Å². The molecule has 5 rings (SSSR count). The van der Waals surface area contributed by atoms with E-state index in [0.717, 1.165) is 28.0 Å². The quantitative estimate of drug-likeness (QED) is 0.132. The van der Waals surface area contributed by atoms with Crippen LogP contribution in [0.15, 0.2) is 102 Å². The molecule has 0 radical (unpaired) electrons. The Morgan fingerprint density at radius 3 is 2.22 bits per heavy atom. The van der Waals surface area contributed by atoms with E-state index < -0.39 is 6.04 Å². The lowest BCUT2D eigenvalue weighted by Crippen LogP contribution is -2.41. The Bertz CT molecular complexity index is 1780. The fourth-order valence-electron chi connectivity index (χ4n) is 5.77. The summed E-state index contributed by atoms with van der Waals surface area (Å²) < 4.78 is 13.0. The maximum atomic E-state index is 14.3. The molecule has 0 aliphatic heterocycles. The van der Waals surface area contributed by atoms with Crippen molar-refractivity contribution in [3.8, 4) is 22.6 Å². The molecule has 45 heavy (non-hydrogen) atoms. The van der Waals surface area contributed by atoms with E-state index in [1.54, 1.807) is 4.57 Å². The highest BCUT2D eigenvalue weighted by Crippen LogP contribution is 2.28. The zero-order valence-electron chi connectivity index (χ0n) is 26.5. The lowest BCUT2D eigenvalue weighted by Gasteiger charge is -2.32. The summed E-state index contributed by atoms with van der Waals surface area (Å²) in [6.45, 7) is 9.67. The second-order valence-corrected chi connectivity index (χ2v) is 11.0. The SMILES string of the molecule is CCOCCN(C(=O)Cc1ccc(-c2ccccc2)cc1)C(CC)c1nc2cccc(C)c2c(=O)n1-c1ccc(OCC)cc1. The molecule has 7 nitrogen and oxygen atoms in total. The van der Waals surface area contributed by atoms with Crippen molar-refractivity contribution in [2.45, 2.75) is 46.6 Å². The van der Waals surface area contributed by atoms with Crippen molar-refractivity contribution in [2.75, 3.05) is 26.4 Å². The lowest BCUT2D eigenvalue weighted by molar-refractivity contribution is -0.134. The monoisotopic (exact) mass is 603 g/mol. The average molecular weight is 604 g/mol. The molecule has 0 N–H and O–H groups in total. The molecule has 0 spiro atoms. The molecular weight excluding hydrogens is 562 g/mol. The van der Waals surface area contributed by atoms with E-state index in [9.17, 15) is 9.59 Å². The van der Waals surface area contributed by atoms with E-state index in [-0.39, 0.29) is 17.9 Å². The molecule has 1 amide bonds. The van der Waals surface area contributed by atoms with Crippen LogP contribution in [0.3, 0.4) is 0 Å². The van der Waals surface area contributed by atoms with Gasteiger partial charge < -0.3 is 14.4 Å². The van der Waals surface area contributed by atoms with Crippen LogP contribution in [-0.2, 0) is 16.0 Å². The molecule has 232 valence electrons. The number of fused-ring (bicyclic) bond motifs is 1. The summed E-state index contributed by atoms with van der Waals surface area (Å²) in [7, 11) is 0. The predicted octanol–water partition coefficient (Wildman–Crippen LogP) is 7.32. The van der Waals surface area contributed by atoms with Crippen molar-refractivity contribution in [1.29, 1.82) is 0 Å². The van der Waals surface area contributed by atoms with Crippen LogP contribution >= 0.6 is 0 Å². The Morgan fingerprint density at radius 2 is 1.56 bits per heavy atom. The van der Waals surface area contributed by atoms with Gasteiger partial charge in [0, 0.05) is 13.2 Å². The van der Waals surface area contributed by atoms with Crippen molar-refractivity contribution < 1.29 is 14.3 Å². The van der Waals surface area contributed by atoms with Crippen LogP contribution in [0.1, 0.15) is 50.2 Å². The number of benzene rings is 4. The van der Waals surface area contributed by atoms with Gasteiger partial charge >= 0.3 is 0 Å². The number of hydrogen-bond acceptors (Lipinski definition) is 5. The van der Waals surface area contributed by atoms with Crippen LogP contribution in [0.2, 0.25) is 0 Å². The van der Waals surface area contributed by atoms with E-state index in [4.69, 9.17) is 14.5 Å². The first-order valence-corrected chi connectivity index (χ1v) is 15.7. The van der Waals surface area contributed by atoms with Crippen LogP contribution < -0.4 is 10.3 Å². The van der Waals surface area contributed by atoms with Gasteiger partial charge in [-0.1, -0.05) is 73.7 Å². The zero-order chi connectivity index (χ0) is 31.8. The van der Waals surface area contributed by atoms with Gasteiger partial charge in [0.15, 0.2) is 0 Å². The van der Waals surface area contributed by atoms with Gasteiger partial charge in [-0.2, -0.15) is 0 Å². The third-order valence-corrected chi connectivity index (χ3v) is 8.02. The predicted molar refractivity (Wildman–Crippen MR) is 180 cm³/mol. The molecule has 5 aromatic rings. The Kier molecular flexibility index (Phi) is 10.4. The normalized spacial score (nSPS) is 11.8. The molecule has 1 heterocycles. The minimum Gasteiger partial charge on any atom is -0.494 e. The Morgan fingerprint density at radius 1 is 0.844 bits per heavy atom. The van der Waals surface area contributed by atoms with Crippen molar-refractivity contribution >= 4 is 16.8 Å². The van der Waals surface area contributed by atoms with E-state index in [0.29, 0.717) is 55.2 Å². The van der Waals surface area contributed by atoms with E-state index >= 15 is 0 Å². The van der Waals surface area contributed by atoms with Gasteiger partial charge in [-0.15, -0.1) is 0 Å². The van der Waals surface area contributed by atoms with Crippen molar-refractivity contribution in [2.24, 2.45) is 0 Å². The first kappa shape index (κ1) is 31.7. The largest absolute Gasteiger partial charge is 0.494 e. The van der Waals surface area contributed by atoms with Crippen LogP contribution in [-0.4, -0.2) is 46.7 Å². The molecule has 0 aliphatic carbocycles. The van der Waals surface area contributed by atoms with Crippen LogP contribution in [0.25, 0.3) is 27.7 Å².